The average Bonchev–Trinajstić information content (AvgIpc) is 2.36. The van der Waals surface area contributed by atoms with Crippen LogP contribution in [0.1, 0.15) is 19.4 Å². The van der Waals surface area contributed by atoms with E-state index in [-0.39, 0.29) is 0 Å². The van der Waals surface area contributed by atoms with E-state index < -0.39 is 0 Å². The zero-order chi connectivity index (χ0) is 12.8. The van der Waals surface area contributed by atoms with Gasteiger partial charge in [-0.1, -0.05) is 6.08 Å². The van der Waals surface area contributed by atoms with E-state index in [1.54, 1.807) is 14.2 Å². The molecule has 0 radical (unpaired) electrons. The number of rotatable bonds is 5. The summed E-state index contributed by atoms with van der Waals surface area (Å²) in [5.74, 6) is 2.31. The van der Waals surface area contributed by atoms with Crippen molar-refractivity contribution in [3.8, 4) is 17.2 Å². The van der Waals surface area contributed by atoms with E-state index in [1.807, 2.05) is 39.0 Å². The SMILES string of the molecule is C/C=C(\C)COc1cc(OC)c(C)c(OC)c1. The average molecular weight is 236 g/mol. The zero-order valence-electron chi connectivity index (χ0n) is 11.2. The lowest BCUT2D eigenvalue weighted by Crippen LogP contribution is -2.00. The fourth-order valence-corrected chi connectivity index (χ4v) is 1.43. The third kappa shape index (κ3) is 3.41. The van der Waals surface area contributed by atoms with Gasteiger partial charge in [-0.3, -0.25) is 0 Å². The van der Waals surface area contributed by atoms with Gasteiger partial charge in [-0.05, 0) is 26.3 Å². The molecular formula is C14H20O3. The van der Waals surface area contributed by atoms with Crippen LogP contribution in [0, 0.1) is 6.92 Å². The van der Waals surface area contributed by atoms with Crippen LogP contribution in [0.2, 0.25) is 0 Å². The third-order valence-electron chi connectivity index (χ3n) is 2.69. The van der Waals surface area contributed by atoms with E-state index in [0.29, 0.717) is 6.61 Å². The lowest BCUT2D eigenvalue weighted by molar-refractivity contribution is 0.339. The van der Waals surface area contributed by atoms with Gasteiger partial charge in [0.2, 0.25) is 0 Å². The van der Waals surface area contributed by atoms with E-state index in [2.05, 4.69) is 0 Å². The van der Waals surface area contributed by atoms with E-state index in [0.717, 1.165) is 22.8 Å². The molecule has 0 saturated carbocycles. The van der Waals surface area contributed by atoms with Crippen LogP contribution in [0.4, 0.5) is 0 Å². The Hall–Kier alpha value is -1.64. The Morgan fingerprint density at radius 3 is 2.12 bits per heavy atom. The fourth-order valence-electron chi connectivity index (χ4n) is 1.43. The van der Waals surface area contributed by atoms with Crippen molar-refractivity contribution in [3.05, 3.63) is 29.3 Å². The van der Waals surface area contributed by atoms with E-state index in [4.69, 9.17) is 14.2 Å². The fraction of sp³-hybridized carbons (Fsp3) is 0.429. The van der Waals surface area contributed by atoms with Crippen molar-refractivity contribution in [1.82, 2.24) is 0 Å². The van der Waals surface area contributed by atoms with Gasteiger partial charge >= 0.3 is 0 Å². The van der Waals surface area contributed by atoms with Crippen molar-refractivity contribution in [3.63, 3.8) is 0 Å². The van der Waals surface area contributed by atoms with Crippen LogP contribution in [-0.4, -0.2) is 20.8 Å². The molecule has 0 fully saturated rings. The molecular weight excluding hydrogens is 216 g/mol. The summed E-state index contributed by atoms with van der Waals surface area (Å²) in [5.41, 5.74) is 2.16. The highest BCUT2D eigenvalue weighted by atomic mass is 16.5. The first-order valence-electron chi connectivity index (χ1n) is 5.59. The number of allylic oxidation sites excluding steroid dienone is 1. The quantitative estimate of drug-likeness (QED) is 0.734. The molecule has 0 aliphatic heterocycles. The number of hydrogen-bond acceptors (Lipinski definition) is 3. The molecule has 0 aliphatic carbocycles. The molecule has 0 saturated heterocycles. The maximum atomic E-state index is 5.67. The predicted molar refractivity (Wildman–Crippen MR) is 69.2 cm³/mol. The zero-order valence-corrected chi connectivity index (χ0v) is 11.2. The normalized spacial score (nSPS) is 11.2. The molecule has 1 aromatic rings. The van der Waals surface area contributed by atoms with Crippen molar-refractivity contribution in [2.45, 2.75) is 20.8 Å². The van der Waals surface area contributed by atoms with Crippen molar-refractivity contribution < 1.29 is 14.2 Å². The molecule has 1 rings (SSSR count). The Balaban J connectivity index is 2.93. The topological polar surface area (TPSA) is 27.7 Å². The van der Waals surface area contributed by atoms with Crippen molar-refractivity contribution in [2.75, 3.05) is 20.8 Å². The molecule has 0 aromatic heterocycles. The Bertz CT molecular complexity index is 383. The summed E-state index contributed by atoms with van der Waals surface area (Å²) in [5, 5.41) is 0. The molecule has 3 heteroatoms. The van der Waals surface area contributed by atoms with Gasteiger partial charge in [-0.15, -0.1) is 0 Å². The Morgan fingerprint density at radius 1 is 1.18 bits per heavy atom. The van der Waals surface area contributed by atoms with Gasteiger partial charge in [0.15, 0.2) is 0 Å². The standard InChI is InChI=1S/C14H20O3/c1-6-10(2)9-17-12-7-13(15-4)11(3)14(8-12)16-5/h6-8H,9H2,1-5H3/b10-6+. The second kappa shape index (κ2) is 6.18. The summed E-state index contributed by atoms with van der Waals surface area (Å²) in [6.45, 7) is 6.56. The summed E-state index contributed by atoms with van der Waals surface area (Å²) >= 11 is 0. The van der Waals surface area contributed by atoms with Gasteiger partial charge in [-0.25, -0.2) is 0 Å². The molecule has 0 unspecified atom stereocenters. The first-order valence-corrected chi connectivity index (χ1v) is 5.59. The van der Waals surface area contributed by atoms with Gasteiger partial charge in [0.1, 0.15) is 23.9 Å². The summed E-state index contributed by atoms with van der Waals surface area (Å²) in [6.07, 6.45) is 2.03. The molecule has 3 nitrogen and oxygen atoms in total. The van der Waals surface area contributed by atoms with Crippen molar-refractivity contribution in [2.24, 2.45) is 0 Å². The van der Waals surface area contributed by atoms with E-state index in [9.17, 15) is 0 Å². The van der Waals surface area contributed by atoms with Gasteiger partial charge in [-0.2, -0.15) is 0 Å². The lowest BCUT2D eigenvalue weighted by atomic mass is 10.2. The highest BCUT2D eigenvalue weighted by Gasteiger charge is 2.09. The summed E-state index contributed by atoms with van der Waals surface area (Å²) in [4.78, 5) is 0. The molecule has 0 bridgehead atoms. The van der Waals surface area contributed by atoms with Crippen LogP contribution in [0.5, 0.6) is 17.2 Å². The molecule has 0 aliphatic rings. The van der Waals surface area contributed by atoms with E-state index in [1.165, 1.54) is 5.57 Å². The highest BCUT2D eigenvalue weighted by molar-refractivity contribution is 5.49. The molecule has 17 heavy (non-hydrogen) atoms. The minimum Gasteiger partial charge on any atom is -0.496 e. The maximum Gasteiger partial charge on any atom is 0.129 e. The summed E-state index contributed by atoms with van der Waals surface area (Å²) in [7, 11) is 3.28. The minimum absolute atomic E-state index is 0.575. The molecule has 0 atom stereocenters. The van der Waals surface area contributed by atoms with Crippen molar-refractivity contribution >= 4 is 0 Å². The lowest BCUT2D eigenvalue weighted by Gasteiger charge is -2.13. The largest absolute Gasteiger partial charge is 0.496 e. The predicted octanol–water partition coefficient (Wildman–Crippen LogP) is 3.36. The van der Waals surface area contributed by atoms with Gasteiger partial charge in [0.05, 0.1) is 14.2 Å². The number of ether oxygens (including phenoxy) is 3. The highest BCUT2D eigenvalue weighted by Crippen LogP contribution is 2.33. The minimum atomic E-state index is 0.575. The summed E-state index contributed by atoms with van der Waals surface area (Å²) < 4.78 is 16.2. The first-order chi connectivity index (χ1) is 8.12. The smallest absolute Gasteiger partial charge is 0.129 e. The third-order valence-corrected chi connectivity index (χ3v) is 2.69. The number of benzene rings is 1. The molecule has 94 valence electrons. The van der Waals surface area contributed by atoms with Crippen LogP contribution < -0.4 is 14.2 Å². The van der Waals surface area contributed by atoms with Crippen LogP contribution >= 0.6 is 0 Å². The van der Waals surface area contributed by atoms with Crippen molar-refractivity contribution in [1.29, 1.82) is 0 Å². The Labute approximate surface area is 103 Å². The monoisotopic (exact) mass is 236 g/mol. The molecule has 0 heterocycles. The Kier molecular flexibility index (Phi) is 4.88. The summed E-state index contributed by atoms with van der Waals surface area (Å²) in [6, 6.07) is 3.75. The number of hydrogen-bond donors (Lipinski definition) is 0. The van der Waals surface area contributed by atoms with Gasteiger partial charge < -0.3 is 14.2 Å². The van der Waals surface area contributed by atoms with Crippen LogP contribution in [0.15, 0.2) is 23.8 Å². The van der Waals surface area contributed by atoms with Crippen LogP contribution in [0.25, 0.3) is 0 Å². The van der Waals surface area contributed by atoms with Gasteiger partial charge in [0, 0.05) is 17.7 Å². The molecule has 0 spiro atoms. The first kappa shape index (κ1) is 13.4. The molecule has 1 aromatic carbocycles. The second-order valence-electron chi connectivity index (χ2n) is 3.88. The Morgan fingerprint density at radius 2 is 1.71 bits per heavy atom. The molecule has 0 N–H and O–H groups in total. The maximum absolute atomic E-state index is 5.67. The van der Waals surface area contributed by atoms with Crippen LogP contribution in [-0.2, 0) is 0 Å². The number of methoxy groups -OCH3 is 2. The molecule has 0 amide bonds. The van der Waals surface area contributed by atoms with Gasteiger partial charge in [0.25, 0.3) is 0 Å². The van der Waals surface area contributed by atoms with E-state index >= 15 is 0 Å². The second-order valence-corrected chi connectivity index (χ2v) is 3.88. The van der Waals surface area contributed by atoms with Crippen LogP contribution in [0.3, 0.4) is 0 Å².